The Labute approximate surface area is 125 Å². The maximum absolute atomic E-state index is 11.3. The number of aryl methyl sites for hydroxylation is 1. The van der Waals surface area contributed by atoms with Crippen LogP contribution >= 0.6 is 15.9 Å². The molecule has 6 heteroatoms. The zero-order chi connectivity index (χ0) is 14.5. The largest absolute Gasteiger partial charge is 0.480 e. The topological polar surface area (TPSA) is 67.2 Å². The van der Waals surface area contributed by atoms with E-state index in [1.54, 1.807) is 6.33 Å². The molecule has 20 heavy (non-hydrogen) atoms. The molecule has 0 bridgehead atoms. The number of carboxylic acids is 1. The summed E-state index contributed by atoms with van der Waals surface area (Å²) in [5, 5.41) is 12.3. The van der Waals surface area contributed by atoms with Gasteiger partial charge in [-0.3, -0.25) is 10.1 Å². The van der Waals surface area contributed by atoms with Crippen LogP contribution in [0.1, 0.15) is 11.3 Å². The maximum Gasteiger partial charge on any atom is 0.321 e. The summed E-state index contributed by atoms with van der Waals surface area (Å²) in [6.07, 6.45) is 3.87. The number of imidazole rings is 1. The van der Waals surface area contributed by atoms with E-state index in [9.17, 15) is 9.90 Å². The monoisotopic (exact) mass is 337 g/mol. The van der Waals surface area contributed by atoms with Crippen LogP contribution in [0.15, 0.2) is 41.3 Å². The van der Waals surface area contributed by atoms with E-state index in [2.05, 4.69) is 26.2 Å². The molecule has 0 saturated heterocycles. The Balaban J connectivity index is 1.95. The smallest absolute Gasteiger partial charge is 0.321 e. The number of carboxylic acid groups (broad SMARTS) is 1. The molecule has 0 aliphatic carbocycles. The maximum atomic E-state index is 11.3. The highest BCUT2D eigenvalue weighted by Gasteiger charge is 2.18. The molecule has 1 aromatic heterocycles. The molecule has 0 aliphatic rings. The molecule has 1 atom stereocenters. The fourth-order valence-electron chi connectivity index (χ4n) is 1.87. The molecule has 2 N–H and O–H groups in total. The Bertz CT molecular complexity index is 580. The molecule has 5 nitrogen and oxygen atoms in total. The van der Waals surface area contributed by atoms with Gasteiger partial charge in [0.05, 0.1) is 12.0 Å². The van der Waals surface area contributed by atoms with Gasteiger partial charge in [-0.05, 0) is 17.7 Å². The number of aromatic nitrogens is 2. The van der Waals surface area contributed by atoms with Crippen molar-refractivity contribution in [3.8, 4) is 0 Å². The van der Waals surface area contributed by atoms with E-state index >= 15 is 0 Å². The summed E-state index contributed by atoms with van der Waals surface area (Å²) in [5.41, 5.74) is 1.81. The number of rotatable bonds is 6. The molecule has 2 aromatic rings. The highest BCUT2D eigenvalue weighted by atomic mass is 79.9. The van der Waals surface area contributed by atoms with Gasteiger partial charge in [-0.2, -0.15) is 0 Å². The van der Waals surface area contributed by atoms with Crippen LogP contribution < -0.4 is 5.32 Å². The first kappa shape index (κ1) is 14.7. The van der Waals surface area contributed by atoms with Crippen molar-refractivity contribution >= 4 is 21.9 Å². The summed E-state index contributed by atoms with van der Waals surface area (Å²) >= 11 is 3.37. The molecule has 0 fully saturated rings. The van der Waals surface area contributed by atoms with Crippen LogP contribution in [0.5, 0.6) is 0 Å². The summed E-state index contributed by atoms with van der Waals surface area (Å²) in [4.78, 5) is 15.4. The van der Waals surface area contributed by atoms with E-state index in [-0.39, 0.29) is 0 Å². The van der Waals surface area contributed by atoms with E-state index < -0.39 is 12.0 Å². The number of carbonyl (C=O) groups is 1. The van der Waals surface area contributed by atoms with Crippen molar-refractivity contribution in [2.45, 2.75) is 19.0 Å². The lowest BCUT2D eigenvalue weighted by atomic mass is 10.1. The number of benzene rings is 1. The van der Waals surface area contributed by atoms with Crippen LogP contribution in [0.4, 0.5) is 0 Å². The fraction of sp³-hybridized carbons (Fsp3) is 0.286. The van der Waals surface area contributed by atoms with Gasteiger partial charge in [0.25, 0.3) is 0 Å². The van der Waals surface area contributed by atoms with Gasteiger partial charge < -0.3 is 9.67 Å². The molecule has 1 aromatic carbocycles. The molecule has 1 heterocycles. The van der Waals surface area contributed by atoms with Crippen LogP contribution in [0.3, 0.4) is 0 Å². The zero-order valence-electron chi connectivity index (χ0n) is 11.1. The first-order chi connectivity index (χ1) is 9.54. The Hall–Kier alpha value is -1.66. The molecule has 0 spiro atoms. The molecule has 106 valence electrons. The number of hydrogen-bond acceptors (Lipinski definition) is 3. The summed E-state index contributed by atoms with van der Waals surface area (Å²) in [6.45, 7) is 0.511. The third-order valence-corrected chi connectivity index (χ3v) is 3.46. The van der Waals surface area contributed by atoms with E-state index in [0.717, 1.165) is 15.7 Å². The standard InChI is InChI=1S/C14H16BrN3O2/c1-18-8-12(17-9-18)6-13(14(19)20)16-7-10-2-4-11(15)5-3-10/h2-5,8-9,13,16H,6-7H2,1H3,(H,19,20)/t13-/m1/s1. The first-order valence-electron chi connectivity index (χ1n) is 6.22. The fourth-order valence-corrected chi connectivity index (χ4v) is 2.14. The Morgan fingerprint density at radius 2 is 2.15 bits per heavy atom. The molecule has 0 saturated carbocycles. The molecule has 0 aliphatic heterocycles. The van der Waals surface area contributed by atoms with Crippen LogP contribution in [-0.4, -0.2) is 26.7 Å². The van der Waals surface area contributed by atoms with Crippen molar-refractivity contribution in [2.75, 3.05) is 0 Å². The van der Waals surface area contributed by atoms with Gasteiger partial charge in [0.15, 0.2) is 0 Å². The average Bonchev–Trinajstić information content (AvgIpc) is 2.81. The zero-order valence-corrected chi connectivity index (χ0v) is 12.7. The highest BCUT2D eigenvalue weighted by molar-refractivity contribution is 9.10. The lowest BCUT2D eigenvalue weighted by molar-refractivity contribution is -0.139. The Morgan fingerprint density at radius 1 is 1.45 bits per heavy atom. The second kappa shape index (κ2) is 6.67. The molecule has 0 amide bonds. The Morgan fingerprint density at radius 3 is 2.70 bits per heavy atom. The lowest BCUT2D eigenvalue weighted by Gasteiger charge is -2.13. The average molecular weight is 338 g/mol. The predicted molar refractivity (Wildman–Crippen MR) is 79.3 cm³/mol. The van der Waals surface area contributed by atoms with Gasteiger partial charge in [0, 0.05) is 30.7 Å². The van der Waals surface area contributed by atoms with E-state index in [1.807, 2.05) is 42.1 Å². The number of nitrogens with one attached hydrogen (secondary N) is 1. The second-order valence-electron chi connectivity index (χ2n) is 4.63. The third kappa shape index (κ3) is 4.18. The van der Waals surface area contributed by atoms with Crippen LogP contribution in [0, 0.1) is 0 Å². The summed E-state index contributed by atoms with van der Waals surface area (Å²) in [7, 11) is 1.86. The molecule has 0 unspecified atom stereocenters. The quantitative estimate of drug-likeness (QED) is 0.845. The van der Waals surface area contributed by atoms with Crippen LogP contribution in [-0.2, 0) is 24.8 Å². The van der Waals surface area contributed by atoms with E-state index in [1.165, 1.54) is 0 Å². The van der Waals surface area contributed by atoms with Crippen LogP contribution in [0.25, 0.3) is 0 Å². The number of halogens is 1. The molecular weight excluding hydrogens is 322 g/mol. The minimum atomic E-state index is -0.868. The SMILES string of the molecule is Cn1cnc(C[C@@H](NCc2ccc(Br)cc2)C(=O)O)c1. The first-order valence-corrected chi connectivity index (χ1v) is 7.01. The van der Waals surface area contributed by atoms with E-state index in [0.29, 0.717) is 13.0 Å². The minimum absolute atomic E-state index is 0.368. The highest BCUT2D eigenvalue weighted by Crippen LogP contribution is 2.10. The molecule has 2 rings (SSSR count). The minimum Gasteiger partial charge on any atom is -0.480 e. The van der Waals surface area contributed by atoms with Crippen LogP contribution in [0.2, 0.25) is 0 Å². The van der Waals surface area contributed by atoms with E-state index in [4.69, 9.17) is 0 Å². The van der Waals surface area contributed by atoms with Gasteiger partial charge in [0.2, 0.25) is 0 Å². The van der Waals surface area contributed by atoms with Gasteiger partial charge >= 0.3 is 5.97 Å². The van der Waals surface area contributed by atoms with Crippen molar-refractivity contribution in [1.29, 1.82) is 0 Å². The number of hydrogen-bond donors (Lipinski definition) is 2. The van der Waals surface area contributed by atoms with Gasteiger partial charge in [-0.15, -0.1) is 0 Å². The van der Waals surface area contributed by atoms with Gasteiger partial charge in [-0.1, -0.05) is 28.1 Å². The third-order valence-electron chi connectivity index (χ3n) is 2.94. The summed E-state index contributed by atoms with van der Waals surface area (Å²) < 4.78 is 2.81. The van der Waals surface area contributed by atoms with Crippen molar-refractivity contribution in [1.82, 2.24) is 14.9 Å². The predicted octanol–water partition coefficient (Wildman–Crippen LogP) is 1.97. The molecule has 0 radical (unpaired) electrons. The van der Waals surface area contributed by atoms with Crippen molar-refractivity contribution < 1.29 is 9.90 Å². The summed E-state index contributed by atoms with van der Waals surface area (Å²) in [5.74, 6) is -0.868. The van der Waals surface area contributed by atoms with Gasteiger partial charge in [0.1, 0.15) is 6.04 Å². The second-order valence-corrected chi connectivity index (χ2v) is 5.55. The number of nitrogens with zero attached hydrogens (tertiary/aromatic N) is 2. The lowest BCUT2D eigenvalue weighted by Crippen LogP contribution is -2.38. The molecular formula is C14H16BrN3O2. The van der Waals surface area contributed by atoms with Crippen molar-refractivity contribution in [3.05, 3.63) is 52.5 Å². The normalized spacial score (nSPS) is 12.3. The number of aliphatic carboxylic acids is 1. The van der Waals surface area contributed by atoms with Crippen molar-refractivity contribution in [2.24, 2.45) is 7.05 Å². The van der Waals surface area contributed by atoms with Crippen molar-refractivity contribution in [3.63, 3.8) is 0 Å². The van der Waals surface area contributed by atoms with Gasteiger partial charge in [-0.25, -0.2) is 4.98 Å². The Kier molecular flexibility index (Phi) is 4.92. The summed E-state index contributed by atoms with van der Waals surface area (Å²) in [6, 6.07) is 7.14.